The second-order valence-electron chi connectivity index (χ2n) is 12.6. The molecule has 1 aromatic carbocycles. The highest BCUT2D eigenvalue weighted by atomic mass is 19.1. The Balaban J connectivity index is 1.43. The minimum absolute atomic E-state index is 0.0230. The van der Waals surface area contributed by atoms with E-state index < -0.39 is 11.4 Å². The summed E-state index contributed by atoms with van der Waals surface area (Å²) in [5.41, 5.74) is 6.89. The Morgan fingerprint density at radius 2 is 1.86 bits per heavy atom. The van der Waals surface area contributed by atoms with E-state index >= 15 is 4.39 Å². The number of aromatic amines is 1. The van der Waals surface area contributed by atoms with Crippen molar-refractivity contribution in [2.75, 3.05) is 13.1 Å². The zero-order chi connectivity index (χ0) is 31.3. The molecule has 0 atom stereocenters. The highest BCUT2D eigenvalue weighted by molar-refractivity contribution is 6.05. The number of carbonyl (C=O) groups excluding carboxylic acids is 2. The molecule has 2 aliphatic heterocycles. The quantitative estimate of drug-likeness (QED) is 0.278. The minimum atomic E-state index is -0.605. The van der Waals surface area contributed by atoms with E-state index in [1.807, 2.05) is 58.4 Å². The van der Waals surface area contributed by atoms with Gasteiger partial charge in [0.25, 0.3) is 5.91 Å². The smallest absolute Gasteiger partial charge is 0.410 e. The van der Waals surface area contributed by atoms with Crippen LogP contribution in [0, 0.1) is 12.7 Å². The molecule has 0 bridgehead atoms. The lowest BCUT2D eigenvalue weighted by molar-refractivity contribution is 0.0273. The van der Waals surface area contributed by atoms with Crippen LogP contribution >= 0.6 is 0 Å². The Kier molecular flexibility index (Phi) is 7.55. The molecule has 0 aliphatic carbocycles. The normalized spacial score (nSPS) is 15.1. The van der Waals surface area contributed by atoms with E-state index in [4.69, 9.17) is 9.72 Å². The molecule has 0 radical (unpaired) electrons. The van der Waals surface area contributed by atoms with Crippen molar-refractivity contribution >= 4 is 28.5 Å². The van der Waals surface area contributed by atoms with E-state index in [2.05, 4.69) is 16.2 Å². The van der Waals surface area contributed by atoms with Gasteiger partial charge in [-0.25, -0.2) is 9.18 Å². The molecule has 3 aromatic heterocycles. The summed E-state index contributed by atoms with van der Waals surface area (Å²) in [7, 11) is 0. The number of pyridine rings is 1. The molecular formula is C34H39FN6O3. The maximum absolute atomic E-state index is 16.5. The van der Waals surface area contributed by atoms with Crippen LogP contribution in [0.1, 0.15) is 79.7 Å². The van der Waals surface area contributed by atoms with Gasteiger partial charge >= 0.3 is 6.09 Å². The highest BCUT2D eigenvalue weighted by Crippen LogP contribution is 2.37. The predicted molar refractivity (Wildman–Crippen MR) is 167 cm³/mol. The zero-order valence-electron chi connectivity index (χ0n) is 26.3. The van der Waals surface area contributed by atoms with Crippen molar-refractivity contribution in [1.29, 1.82) is 0 Å². The fourth-order valence-electron chi connectivity index (χ4n) is 6.15. The number of ether oxygens (including phenoxy) is 1. The van der Waals surface area contributed by atoms with Crippen LogP contribution in [0.4, 0.5) is 9.18 Å². The second-order valence-corrected chi connectivity index (χ2v) is 12.6. The van der Waals surface area contributed by atoms with Crippen LogP contribution in [-0.4, -0.2) is 60.2 Å². The summed E-state index contributed by atoms with van der Waals surface area (Å²) in [6, 6.07) is 7.36. The third kappa shape index (κ3) is 5.37. The molecular weight excluding hydrogens is 559 g/mol. The number of hydrogen-bond donors (Lipinski definition) is 1. The SMILES string of the molecule is CCc1nc(C)ccc1-c1cc(C(=O)N2Cc3cnn(CC)c3C2)c(F)c2cc(C3=CCCN(C(=O)OC(C)(C)C)C3)[nH]c12. The number of aromatic nitrogens is 4. The van der Waals surface area contributed by atoms with E-state index in [1.54, 1.807) is 28.1 Å². The molecule has 0 fully saturated rings. The monoisotopic (exact) mass is 598 g/mol. The fourth-order valence-corrected chi connectivity index (χ4v) is 6.15. The fraction of sp³-hybridized carbons (Fsp3) is 0.412. The molecule has 5 heterocycles. The predicted octanol–water partition coefficient (Wildman–Crippen LogP) is 6.64. The summed E-state index contributed by atoms with van der Waals surface area (Å²) in [6.45, 7) is 13.9. The van der Waals surface area contributed by atoms with Gasteiger partial charge in [-0.3, -0.25) is 14.5 Å². The van der Waals surface area contributed by atoms with E-state index in [-0.39, 0.29) is 17.6 Å². The molecule has 0 spiro atoms. The first-order valence-electron chi connectivity index (χ1n) is 15.3. The van der Waals surface area contributed by atoms with Crippen LogP contribution in [0.3, 0.4) is 0 Å². The molecule has 0 unspecified atom stereocenters. The lowest BCUT2D eigenvalue weighted by Crippen LogP contribution is -2.39. The van der Waals surface area contributed by atoms with Gasteiger partial charge in [0.2, 0.25) is 0 Å². The number of nitrogens with zero attached hydrogens (tertiary/aromatic N) is 5. The van der Waals surface area contributed by atoms with Gasteiger partial charge in [0.1, 0.15) is 11.4 Å². The Bertz CT molecular complexity index is 1810. The third-order valence-corrected chi connectivity index (χ3v) is 8.29. The molecule has 0 saturated heterocycles. The van der Waals surface area contributed by atoms with Crippen LogP contribution in [0.5, 0.6) is 0 Å². The van der Waals surface area contributed by atoms with Crippen molar-refractivity contribution in [1.82, 2.24) is 29.5 Å². The standard InChI is InChI=1S/C34H39FN6O3/c1-7-27-23(12-11-20(3)37-27)24-14-26(32(42)40-18-22-16-36-41(8-2)29(22)19-40)30(35)25-15-28(38-31(24)25)21-10-9-13-39(17-21)33(43)44-34(4,5)6/h10-12,14-16,38H,7-9,13,17-19H2,1-6H3. The number of hydrogen-bond acceptors (Lipinski definition) is 5. The first-order valence-corrected chi connectivity index (χ1v) is 15.3. The molecule has 10 heteroatoms. The molecule has 9 nitrogen and oxygen atoms in total. The van der Waals surface area contributed by atoms with Gasteiger partial charge in [-0.2, -0.15) is 5.10 Å². The maximum atomic E-state index is 16.5. The van der Waals surface area contributed by atoms with Crippen molar-refractivity contribution in [3.63, 3.8) is 0 Å². The number of nitrogens with one attached hydrogen (secondary N) is 1. The zero-order valence-corrected chi connectivity index (χ0v) is 26.3. The van der Waals surface area contributed by atoms with Crippen molar-refractivity contribution < 1.29 is 18.7 Å². The van der Waals surface area contributed by atoms with Crippen LogP contribution < -0.4 is 0 Å². The van der Waals surface area contributed by atoms with Gasteiger partial charge in [-0.05, 0) is 71.2 Å². The lowest BCUT2D eigenvalue weighted by atomic mass is 9.96. The highest BCUT2D eigenvalue weighted by Gasteiger charge is 2.32. The molecule has 230 valence electrons. The van der Waals surface area contributed by atoms with Gasteiger partial charge in [0.15, 0.2) is 0 Å². The first-order chi connectivity index (χ1) is 21.0. The molecule has 2 aliphatic rings. The summed E-state index contributed by atoms with van der Waals surface area (Å²) < 4.78 is 24.0. The average molecular weight is 599 g/mol. The van der Waals surface area contributed by atoms with Crippen LogP contribution in [0.25, 0.3) is 27.6 Å². The lowest BCUT2D eigenvalue weighted by Gasteiger charge is -2.30. The van der Waals surface area contributed by atoms with Gasteiger partial charge in [0.05, 0.1) is 36.1 Å². The van der Waals surface area contributed by atoms with E-state index in [0.717, 1.165) is 39.3 Å². The van der Waals surface area contributed by atoms with E-state index in [1.165, 1.54) is 0 Å². The largest absolute Gasteiger partial charge is 0.444 e. The molecule has 4 aromatic rings. The number of amides is 2. The maximum Gasteiger partial charge on any atom is 0.410 e. The van der Waals surface area contributed by atoms with Crippen molar-refractivity contribution in [2.45, 2.75) is 79.6 Å². The van der Waals surface area contributed by atoms with Crippen LogP contribution in [-0.2, 0) is 30.8 Å². The third-order valence-electron chi connectivity index (χ3n) is 8.29. The molecule has 2 amide bonds. The summed E-state index contributed by atoms with van der Waals surface area (Å²) in [5.74, 6) is -0.929. The molecule has 6 rings (SSSR count). The number of rotatable bonds is 5. The van der Waals surface area contributed by atoms with Crippen molar-refractivity contribution in [3.8, 4) is 11.1 Å². The van der Waals surface area contributed by atoms with Gasteiger partial charge in [-0.15, -0.1) is 0 Å². The van der Waals surface area contributed by atoms with Crippen molar-refractivity contribution in [3.05, 3.63) is 76.3 Å². The number of halogens is 1. The number of carbonyl (C=O) groups is 2. The summed E-state index contributed by atoms with van der Waals surface area (Å²) in [4.78, 5) is 38.4. The molecule has 44 heavy (non-hydrogen) atoms. The number of H-pyrrole nitrogens is 1. The second kappa shape index (κ2) is 11.2. The van der Waals surface area contributed by atoms with Gasteiger partial charge in [0, 0.05) is 58.8 Å². The Hall–Kier alpha value is -4.47. The van der Waals surface area contributed by atoms with Gasteiger partial charge < -0.3 is 19.5 Å². The number of fused-ring (bicyclic) bond motifs is 2. The van der Waals surface area contributed by atoms with Crippen LogP contribution in [0.15, 0.2) is 36.5 Å². The summed E-state index contributed by atoms with van der Waals surface area (Å²) in [5, 5.41) is 4.73. The number of benzene rings is 1. The minimum Gasteiger partial charge on any atom is -0.444 e. The Morgan fingerprint density at radius 3 is 2.59 bits per heavy atom. The Labute approximate surface area is 256 Å². The number of aryl methyl sites for hydroxylation is 3. The van der Waals surface area contributed by atoms with E-state index in [0.29, 0.717) is 62.2 Å². The summed E-state index contributed by atoms with van der Waals surface area (Å²) in [6.07, 6.45) is 4.81. The summed E-state index contributed by atoms with van der Waals surface area (Å²) >= 11 is 0. The molecule has 1 N–H and O–H groups in total. The first kappa shape index (κ1) is 29.6. The van der Waals surface area contributed by atoms with Crippen LogP contribution in [0.2, 0.25) is 0 Å². The topological polar surface area (TPSA) is 96.4 Å². The van der Waals surface area contributed by atoms with Crippen molar-refractivity contribution in [2.24, 2.45) is 0 Å². The Morgan fingerprint density at radius 1 is 1.07 bits per heavy atom. The average Bonchev–Trinajstić information content (AvgIpc) is 3.71. The van der Waals surface area contributed by atoms with Gasteiger partial charge in [-0.1, -0.05) is 19.1 Å². The molecule has 0 saturated carbocycles. The van der Waals surface area contributed by atoms with E-state index in [9.17, 15) is 9.59 Å².